The molecule has 2 aromatic carbocycles. The van der Waals surface area contributed by atoms with Crippen LogP contribution in [0.5, 0.6) is 0 Å². The van der Waals surface area contributed by atoms with Gasteiger partial charge in [-0.1, -0.05) is 60.1 Å². The van der Waals surface area contributed by atoms with Crippen molar-refractivity contribution in [1.82, 2.24) is 9.55 Å². The Kier molecular flexibility index (Phi) is 6.64. The summed E-state index contributed by atoms with van der Waals surface area (Å²) in [7, 11) is 1.54. The molecule has 4 rings (SSSR count). The van der Waals surface area contributed by atoms with Gasteiger partial charge in [-0.15, -0.1) is 11.3 Å². The van der Waals surface area contributed by atoms with E-state index < -0.39 is 11.2 Å². The lowest BCUT2D eigenvalue weighted by atomic mass is 10.2. The van der Waals surface area contributed by atoms with Crippen molar-refractivity contribution in [2.45, 2.75) is 19.6 Å². The molecule has 0 aliphatic heterocycles. The van der Waals surface area contributed by atoms with E-state index in [1.807, 2.05) is 59.5 Å². The topological polar surface area (TPSA) is 93.3 Å². The first-order valence-corrected chi connectivity index (χ1v) is 11.3. The number of nitrogens with two attached hydrogens (primary N) is 1. The Hall–Kier alpha value is -3.07. The van der Waals surface area contributed by atoms with E-state index in [1.165, 1.54) is 4.57 Å². The number of nitrogen functional groups attached to an aromatic ring is 1. The first-order valence-electron chi connectivity index (χ1n) is 10.1. The lowest BCUT2D eigenvalue weighted by molar-refractivity contribution is 0.186. The maximum Gasteiger partial charge on any atom is 0.330 e. The molecule has 0 saturated carbocycles. The Morgan fingerprint density at radius 3 is 2.53 bits per heavy atom. The van der Waals surface area contributed by atoms with Crippen LogP contribution < -0.4 is 21.9 Å². The van der Waals surface area contributed by atoms with E-state index in [2.05, 4.69) is 4.98 Å². The predicted molar refractivity (Wildman–Crippen MR) is 131 cm³/mol. The number of methoxy groups -OCH3 is 1. The monoisotopic (exact) mass is 470 g/mol. The van der Waals surface area contributed by atoms with Crippen LogP contribution in [0.1, 0.15) is 10.4 Å². The van der Waals surface area contributed by atoms with Gasteiger partial charge in [0.15, 0.2) is 0 Å². The number of hydrogen-bond donors (Lipinski definition) is 2. The van der Waals surface area contributed by atoms with Crippen LogP contribution in [0.25, 0.3) is 10.1 Å². The molecule has 0 aliphatic carbocycles. The van der Waals surface area contributed by atoms with E-state index >= 15 is 0 Å². The zero-order valence-corrected chi connectivity index (χ0v) is 19.1. The fourth-order valence-electron chi connectivity index (χ4n) is 3.65. The van der Waals surface area contributed by atoms with Gasteiger partial charge in [0.05, 0.1) is 24.7 Å². The van der Waals surface area contributed by atoms with Gasteiger partial charge in [-0.3, -0.25) is 14.3 Å². The van der Waals surface area contributed by atoms with Crippen molar-refractivity contribution < 1.29 is 4.74 Å². The minimum atomic E-state index is -0.562. The largest absolute Gasteiger partial charge is 0.383 e. The number of nitrogens with zero attached hydrogens (tertiary/aromatic N) is 2. The maximum atomic E-state index is 12.9. The first-order chi connectivity index (χ1) is 15.5. The molecule has 0 saturated heterocycles. The number of aromatic amines is 1. The first kappa shape index (κ1) is 22.1. The van der Waals surface area contributed by atoms with Gasteiger partial charge in [0.2, 0.25) is 0 Å². The van der Waals surface area contributed by atoms with Gasteiger partial charge in [-0.25, -0.2) is 4.79 Å². The number of ether oxygens (including phenoxy) is 1. The minimum Gasteiger partial charge on any atom is -0.383 e. The molecular formula is C23H23ClN4O3S. The number of thiophene rings is 1. The zero-order chi connectivity index (χ0) is 22.7. The number of benzene rings is 2. The fraction of sp³-hybridized carbons (Fsp3) is 0.217. The van der Waals surface area contributed by atoms with Crippen LogP contribution in [0, 0.1) is 0 Å². The molecule has 32 heavy (non-hydrogen) atoms. The molecule has 0 aliphatic rings. The summed E-state index contributed by atoms with van der Waals surface area (Å²) in [5.41, 5.74) is 6.50. The molecule has 0 unspecified atom stereocenters. The van der Waals surface area contributed by atoms with Crippen molar-refractivity contribution in [3.05, 3.63) is 90.9 Å². The zero-order valence-electron chi connectivity index (χ0n) is 17.5. The molecule has 9 heteroatoms. The summed E-state index contributed by atoms with van der Waals surface area (Å²) in [4.78, 5) is 30.5. The Morgan fingerprint density at radius 2 is 1.81 bits per heavy atom. The summed E-state index contributed by atoms with van der Waals surface area (Å²) in [5, 5.41) is 1.63. The van der Waals surface area contributed by atoms with E-state index in [0.29, 0.717) is 18.1 Å². The predicted octanol–water partition coefficient (Wildman–Crippen LogP) is 3.84. The summed E-state index contributed by atoms with van der Waals surface area (Å²) in [6.45, 7) is 1.30. The van der Waals surface area contributed by atoms with Crippen LogP contribution in [0.3, 0.4) is 0 Å². The molecule has 0 spiro atoms. The molecule has 2 heterocycles. The molecule has 166 valence electrons. The van der Waals surface area contributed by atoms with Crippen LogP contribution in [0.15, 0.2) is 64.2 Å². The highest BCUT2D eigenvalue weighted by Crippen LogP contribution is 2.37. The van der Waals surface area contributed by atoms with Gasteiger partial charge < -0.3 is 15.4 Å². The molecular weight excluding hydrogens is 448 g/mol. The van der Waals surface area contributed by atoms with E-state index in [9.17, 15) is 9.59 Å². The molecule has 2 aromatic heterocycles. The Bertz CT molecular complexity index is 1350. The van der Waals surface area contributed by atoms with Crippen molar-refractivity contribution in [2.24, 2.45) is 0 Å². The second-order valence-electron chi connectivity index (χ2n) is 7.31. The Labute approximate surface area is 193 Å². The van der Waals surface area contributed by atoms with Crippen LogP contribution in [0.4, 0.5) is 11.5 Å². The van der Waals surface area contributed by atoms with Crippen molar-refractivity contribution in [3.63, 3.8) is 0 Å². The third-order valence-electron chi connectivity index (χ3n) is 5.20. The molecule has 0 amide bonds. The van der Waals surface area contributed by atoms with Crippen LogP contribution in [-0.2, 0) is 24.4 Å². The second kappa shape index (κ2) is 9.60. The van der Waals surface area contributed by atoms with Gasteiger partial charge in [-0.2, -0.15) is 0 Å². The minimum absolute atomic E-state index is 0.101. The molecule has 0 radical (unpaired) electrons. The van der Waals surface area contributed by atoms with E-state index in [-0.39, 0.29) is 24.7 Å². The van der Waals surface area contributed by atoms with Crippen molar-refractivity contribution in [3.8, 4) is 0 Å². The summed E-state index contributed by atoms with van der Waals surface area (Å²) in [6.07, 6.45) is 0. The molecule has 3 N–H and O–H groups in total. The van der Waals surface area contributed by atoms with Crippen LogP contribution in [-0.4, -0.2) is 23.3 Å². The lowest BCUT2D eigenvalue weighted by Gasteiger charge is -2.26. The average molecular weight is 471 g/mol. The number of aromatic nitrogens is 2. The normalized spacial score (nSPS) is 11.2. The molecule has 0 fully saturated rings. The Balaban J connectivity index is 1.82. The van der Waals surface area contributed by atoms with Crippen molar-refractivity contribution in [2.75, 3.05) is 24.4 Å². The quantitative estimate of drug-likeness (QED) is 0.408. The highest BCUT2D eigenvalue weighted by atomic mass is 35.5. The average Bonchev–Trinajstić information content (AvgIpc) is 3.09. The van der Waals surface area contributed by atoms with E-state index in [0.717, 1.165) is 20.5 Å². The smallest absolute Gasteiger partial charge is 0.330 e. The van der Waals surface area contributed by atoms with Crippen LogP contribution in [0.2, 0.25) is 5.02 Å². The number of halogens is 1. The maximum absolute atomic E-state index is 12.9. The highest BCUT2D eigenvalue weighted by molar-refractivity contribution is 7.19. The number of rotatable bonds is 8. The lowest BCUT2D eigenvalue weighted by Crippen LogP contribution is -2.38. The van der Waals surface area contributed by atoms with Crippen molar-refractivity contribution >= 4 is 44.5 Å². The number of anilines is 2. The van der Waals surface area contributed by atoms with E-state index in [1.54, 1.807) is 18.4 Å². The summed E-state index contributed by atoms with van der Waals surface area (Å²) in [6, 6.07) is 17.7. The summed E-state index contributed by atoms with van der Waals surface area (Å²) in [5.74, 6) is 0.101. The van der Waals surface area contributed by atoms with Gasteiger partial charge in [0.25, 0.3) is 5.56 Å². The third-order valence-corrected chi connectivity index (χ3v) is 6.90. The third kappa shape index (κ3) is 4.43. The summed E-state index contributed by atoms with van der Waals surface area (Å²) >= 11 is 8.27. The SMILES string of the molecule is COCCn1c(N)c(N(Cc2ccccc2)Cc2sc3ccccc3c2Cl)c(=O)[nH]c1=O. The van der Waals surface area contributed by atoms with Gasteiger partial charge in [0, 0.05) is 28.6 Å². The summed E-state index contributed by atoms with van der Waals surface area (Å²) < 4.78 is 7.48. The molecule has 0 bridgehead atoms. The molecule has 0 atom stereocenters. The second-order valence-corrected chi connectivity index (χ2v) is 8.83. The molecule has 4 aromatic rings. The number of hydrogen-bond acceptors (Lipinski definition) is 6. The fourth-order valence-corrected chi connectivity index (χ4v) is 5.15. The highest BCUT2D eigenvalue weighted by Gasteiger charge is 2.22. The number of H-pyrrole nitrogens is 1. The van der Waals surface area contributed by atoms with Gasteiger partial charge in [-0.05, 0) is 11.6 Å². The number of nitrogens with one attached hydrogen (secondary N) is 1. The van der Waals surface area contributed by atoms with Gasteiger partial charge >= 0.3 is 5.69 Å². The van der Waals surface area contributed by atoms with Gasteiger partial charge in [0.1, 0.15) is 11.5 Å². The standard InChI is InChI=1S/C23H23ClN4O3S/c1-31-12-11-28-21(25)20(22(29)26-23(28)30)27(13-15-7-3-2-4-8-15)14-18-19(24)16-9-5-6-10-17(16)32-18/h2-10H,11-14,25H2,1H3,(H,26,29,30). The number of fused-ring (bicyclic) bond motifs is 1. The Morgan fingerprint density at radius 1 is 1.09 bits per heavy atom. The van der Waals surface area contributed by atoms with E-state index in [4.69, 9.17) is 22.1 Å². The van der Waals surface area contributed by atoms with Crippen LogP contribution >= 0.6 is 22.9 Å². The van der Waals surface area contributed by atoms with Crippen molar-refractivity contribution in [1.29, 1.82) is 0 Å². The molecule has 7 nitrogen and oxygen atoms in total.